The van der Waals surface area contributed by atoms with E-state index in [0.29, 0.717) is 12.4 Å². The van der Waals surface area contributed by atoms with Crippen LogP contribution in [-0.4, -0.2) is 51.1 Å². The fourth-order valence-corrected chi connectivity index (χ4v) is 2.79. The molecule has 0 saturated heterocycles. The molecule has 0 fully saturated rings. The third-order valence-electron chi connectivity index (χ3n) is 4.18. The first-order valence-corrected chi connectivity index (χ1v) is 8.89. The second kappa shape index (κ2) is 8.55. The Morgan fingerprint density at radius 3 is 2.78 bits per heavy atom. The Morgan fingerprint density at radius 1 is 1.22 bits per heavy atom. The van der Waals surface area contributed by atoms with Gasteiger partial charge in [0.1, 0.15) is 5.82 Å². The first-order valence-electron chi connectivity index (χ1n) is 8.89. The maximum absolute atomic E-state index is 12.5. The summed E-state index contributed by atoms with van der Waals surface area (Å²) in [5, 5.41) is 10.0. The molecule has 0 unspecified atom stereocenters. The molecule has 7 heteroatoms. The number of aromatic nitrogens is 4. The number of carbonyl (C=O) groups is 1. The van der Waals surface area contributed by atoms with Crippen molar-refractivity contribution in [2.24, 2.45) is 0 Å². The normalized spacial score (nSPS) is 11.0. The van der Waals surface area contributed by atoms with Crippen molar-refractivity contribution in [1.29, 1.82) is 0 Å². The number of hydrogen-bond donors (Lipinski definition) is 2. The molecule has 0 spiro atoms. The van der Waals surface area contributed by atoms with Crippen molar-refractivity contribution in [2.45, 2.75) is 20.3 Å². The minimum Gasteiger partial charge on any atom is -0.324 e. The third kappa shape index (κ3) is 5.21. The number of rotatable bonds is 7. The number of carbonyl (C=O) groups excluding carboxylic acids is 1. The van der Waals surface area contributed by atoms with E-state index in [-0.39, 0.29) is 5.91 Å². The summed E-state index contributed by atoms with van der Waals surface area (Å²) in [7, 11) is 1.93. The monoisotopic (exact) mass is 364 g/mol. The molecule has 0 saturated carbocycles. The molecule has 2 aromatic heterocycles. The van der Waals surface area contributed by atoms with Crippen LogP contribution in [0.2, 0.25) is 0 Å². The fourth-order valence-electron chi connectivity index (χ4n) is 2.79. The number of anilines is 1. The summed E-state index contributed by atoms with van der Waals surface area (Å²) in [6, 6.07) is 11.7. The zero-order valence-corrected chi connectivity index (χ0v) is 15.9. The van der Waals surface area contributed by atoms with Gasteiger partial charge in [-0.05, 0) is 50.7 Å². The molecule has 0 atom stereocenters. The molecular formula is C20H24N6O. The molecule has 0 aliphatic carbocycles. The number of nitrogens with one attached hydrogen (secondary N) is 2. The molecule has 0 aliphatic heterocycles. The average molecular weight is 364 g/mol. The van der Waals surface area contributed by atoms with Gasteiger partial charge in [0.2, 0.25) is 5.91 Å². The van der Waals surface area contributed by atoms with Gasteiger partial charge in [-0.25, -0.2) is 4.98 Å². The third-order valence-corrected chi connectivity index (χ3v) is 4.18. The molecule has 0 aliphatic rings. The van der Waals surface area contributed by atoms with Gasteiger partial charge in [-0.2, -0.15) is 5.10 Å². The number of amides is 1. The van der Waals surface area contributed by atoms with E-state index in [1.807, 2.05) is 62.2 Å². The Kier molecular flexibility index (Phi) is 5.93. The van der Waals surface area contributed by atoms with E-state index in [9.17, 15) is 4.79 Å². The largest absolute Gasteiger partial charge is 0.324 e. The standard InChI is InChI=1S/C20H24N6O/c1-14-7-8-17(20-22-15(2)24-25-20)18(12-14)23-19(27)13-26(3)11-9-16-6-4-5-10-21-16/h4-8,10,12H,9,11,13H2,1-3H3,(H,23,27)(H,22,24,25). The lowest BCUT2D eigenvalue weighted by atomic mass is 10.1. The van der Waals surface area contributed by atoms with Gasteiger partial charge >= 0.3 is 0 Å². The maximum Gasteiger partial charge on any atom is 0.238 e. The molecule has 1 aromatic carbocycles. The summed E-state index contributed by atoms with van der Waals surface area (Å²) in [6.07, 6.45) is 2.59. The highest BCUT2D eigenvalue weighted by Crippen LogP contribution is 2.26. The van der Waals surface area contributed by atoms with Gasteiger partial charge in [-0.15, -0.1) is 0 Å². The van der Waals surface area contributed by atoms with Crippen molar-refractivity contribution in [3.05, 3.63) is 59.7 Å². The predicted molar refractivity (Wildman–Crippen MR) is 105 cm³/mol. The lowest BCUT2D eigenvalue weighted by Crippen LogP contribution is -2.31. The zero-order chi connectivity index (χ0) is 19.2. The molecule has 3 rings (SSSR count). The summed E-state index contributed by atoms with van der Waals surface area (Å²) in [6.45, 7) is 4.89. The molecular weight excluding hydrogens is 340 g/mol. The van der Waals surface area contributed by atoms with Gasteiger partial charge in [0.15, 0.2) is 5.82 Å². The van der Waals surface area contributed by atoms with E-state index in [2.05, 4.69) is 25.5 Å². The first-order chi connectivity index (χ1) is 13.0. The molecule has 2 heterocycles. The number of likely N-dealkylation sites (N-methyl/N-ethyl adjacent to an activating group) is 1. The number of aromatic amines is 1. The van der Waals surface area contributed by atoms with Crippen molar-refractivity contribution < 1.29 is 4.79 Å². The van der Waals surface area contributed by atoms with Crippen LogP contribution in [0.4, 0.5) is 5.69 Å². The van der Waals surface area contributed by atoms with Crippen molar-refractivity contribution in [3.63, 3.8) is 0 Å². The van der Waals surface area contributed by atoms with E-state index in [1.54, 1.807) is 6.20 Å². The lowest BCUT2D eigenvalue weighted by molar-refractivity contribution is -0.117. The van der Waals surface area contributed by atoms with Crippen LogP contribution in [0.1, 0.15) is 17.1 Å². The average Bonchev–Trinajstić information content (AvgIpc) is 3.07. The lowest BCUT2D eigenvalue weighted by Gasteiger charge is -2.17. The van der Waals surface area contributed by atoms with E-state index in [1.165, 1.54) is 0 Å². The number of pyridine rings is 1. The molecule has 0 radical (unpaired) electrons. The van der Waals surface area contributed by atoms with Crippen molar-refractivity contribution >= 4 is 11.6 Å². The Morgan fingerprint density at radius 2 is 2.07 bits per heavy atom. The van der Waals surface area contributed by atoms with E-state index >= 15 is 0 Å². The highest BCUT2D eigenvalue weighted by atomic mass is 16.2. The van der Waals surface area contributed by atoms with Crippen molar-refractivity contribution in [3.8, 4) is 11.4 Å². The number of hydrogen-bond acceptors (Lipinski definition) is 5. The fraction of sp³-hybridized carbons (Fsp3) is 0.300. The predicted octanol–water partition coefficient (Wildman–Crippen LogP) is 2.60. The van der Waals surface area contributed by atoms with Crippen LogP contribution in [0, 0.1) is 13.8 Å². The van der Waals surface area contributed by atoms with Crippen molar-refractivity contribution in [2.75, 3.05) is 25.5 Å². The van der Waals surface area contributed by atoms with Crippen LogP contribution in [-0.2, 0) is 11.2 Å². The second-order valence-corrected chi connectivity index (χ2v) is 6.65. The van der Waals surface area contributed by atoms with Gasteiger partial charge in [-0.1, -0.05) is 12.1 Å². The minimum absolute atomic E-state index is 0.0716. The van der Waals surface area contributed by atoms with Crippen LogP contribution >= 0.6 is 0 Å². The Hall–Kier alpha value is -3.06. The van der Waals surface area contributed by atoms with Crippen LogP contribution in [0.25, 0.3) is 11.4 Å². The SMILES string of the molecule is Cc1ccc(-c2n[nH]c(C)n2)c(NC(=O)CN(C)CCc2ccccn2)c1. The van der Waals surface area contributed by atoms with Gasteiger partial charge < -0.3 is 5.32 Å². The van der Waals surface area contributed by atoms with Gasteiger partial charge in [0.05, 0.1) is 12.2 Å². The quantitative estimate of drug-likeness (QED) is 0.673. The molecule has 140 valence electrons. The maximum atomic E-state index is 12.5. The topological polar surface area (TPSA) is 86.8 Å². The summed E-state index contributed by atoms with van der Waals surface area (Å²) >= 11 is 0. The summed E-state index contributed by atoms with van der Waals surface area (Å²) < 4.78 is 0. The van der Waals surface area contributed by atoms with E-state index in [4.69, 9.17) is 0 Å². The van der Waals surface area contributed by atoms with Crippen LogP contribution in [0.15, 0.2) is 42.6 Å². The summed E-state index contributed by atoms with van der Waals surface area (Å²) in [5.41, 5.74) is 3.60. The number of benzene rings is 1. The number of aryl methyl sites for hydroxylation is 2. The second-order valence-electron chi connectivity index (χ2n) is 6.65. The van der Waals surface area contributed by atoms with Crippen LogP contribution in [0.5, 0.6) is 0 Å². The first kappa shape index (κ1) is 18.7. The highest BCUT2D eigenvalue weighted by molar-refractivity contribution is 5.96. The minimum atomic E-state index is -0.0716. The van der Waals surface area contributed by atoms with Gasteiger partial charge in [0, 0.05) is 30.4 Å². The summed E-state index contributed by atoms with van der Waals surface area (Å²) in [5.74, 6) is 1.24. The zero-order valence-electron chi connectivity index (χ0n) is 15.9. The van der Waals surface area contributed by atoms with Crippen LogP contribution in [0.3, 0.4) is 0 Å². The molecule has 0 bridgehead atoms. The van der Waals surface area contributed by atoms with Gasteiger partial charge in [0.25, 0.3) is 0 Å². The highest BCUT2D eigenvalue weighted by Gasteiger charge is 2.14. The Bertz CT molecular complexity index is 906. The molecule has 7 nitrogen and oxygen atoms in total. The Balaban J connectivity index is 1.62. The number of nitrogens with zero attached hydrogens (tertiary/aromatic N) is 4. The molecule has 27 heavy (non-hydrogen) atoms. The van der Waals surface area contributed by atoms with Gasteiger partial charge in [-0.3, -0.25) is 19.8 Å². The molecule has 3 aromatic rings. The molecule has 2 N–H and O–H groups in total. The van der Waals surface area contributed by atoms with Crippen molar-refractivity contribution in [1.82, 2.24) is 25.1 Å². The van der Waals surface area contributed by atoms with E-state index < -0.39 is 0 Å². The summed E-state index contributed by atoms with van der Waals surface area (Å²) in [4.78, 5) is 23.2. The van der Waals surface area contributed by atoms with Crippen LogP contribution < -0.4 is 5.32 Å². The number of H-pyrrole nitrogens is 1. The van der Waals surface area contributed by atoms with E-state index in [0.717, 1.165) is 41.3 Å². The smallest absolute Gasteiger partial charge is 0.238 e. The molecule has 1 amide bonds. The Labute approximate surface area is 158 Å².